The van der Waals surface area contributed by atoms with Gasteiger partial charge in [0.15, 0.2) is 23.3 Å². The number of benzene rings is 2. The molecule has 1 N–H and O–H groups in total. The lowest BCUT2D eigenvalue weighted by atomic mass is 10.2. The number of aromatic amines is 1. The molecule has 268 valence electrons. The van der Waals surface area contributed by atoms with Crippen LogP contribution < -0.4 is 11.1 Å². The Labute approximate surface area is 285 Å². The fourth-order valence-electron chi connectivity index (χ4n) is 3.76. The molecule has 0 atom stereocenters. The molecule has 0 amide bonds. The van der Waals surface area contributed by atoms with Crippen LogP contribution in [0.2, 0.25) is 0 Å². The van der Waals surface area contributed by atoms with Gasteiger partial charge in [-0.05, 0) is 24.3 Å². The van der Waals surface area contributed by atoms with E-state index in [1.165, 1.54) is 30.6 Å². The van der Waals surface area contributed by atoms with Gasteiger partial charge in [0.1, 0.15) is 11.6 Å². The van der Waals surface area contributed by atoms with E-state index >= 15 is 0 Å². The van der Waals surface area contributed by atoms with Crippen molar-refractivity contribution in [3.05, 3.63) is 139 Å². The molecule has 4 aromatic heterocycles. The van der Waals surface area contributed by atoms with E-state index in [4.69, 9.17) is 4.42 Å². The molecule has 0 aliphatic heterocycles. The number of nitrogens with one attached hydrogen (secondary N) is 1. The minimum Gasteiger partial charge on any atom is -0.415 e. The minimum atomic E-state index is -2.95. The summed E-state index contributed by atoms with van der Waals surface area (Å²) in [6, 6.07) is 7.38. The normalized spacial score (nSPS) is 10.9. The Kier molecular flexibility index (Phi) is 12.6. The molecule has 0 radical (unpaired) electrons. The Bertz CT molecular complexity index is 2240. The van der Waals surface area contributed by atoms with Gasteiger partial charge in [-0.15, -0.1) is 20.4 Å². The predicted molar refractivity (Wildman–Crippen MR) is 159 cm³/mol. The van der Waals surface area contributed by atoms with Gasteiger partial charge < -0.3 is 18.4 Å². The van der Waals surface area contributed by atoms with Crippen LogP contribution in [-0.2, 0) is 11.9 Å². The van der Waals surface area contributed by atoms with E-state index in [9.17, 15) is 53.5 Å². The van der Waals surface area contributed by atoms with Crippen molar-refractivity contribution in [2.45, 2.75) is 24.7 Å². The molecule has 0 saturated heterocycles. The average Bonchev–Trinajstić information content (AvgIpc) is 3.79. The highest BCUT2D eigenvalue weighted by molar-refractivity contribution is 9.08. The molecule has 2 aromatic carbocycles. The third-order valence-corrected chi connectivity index (χ3v) is 6.79. The summed E-state index contributed by atoms with van der Waals surface area (Å²) in [5.41, 5.74) is -0.747. The molecule has 6 rings (SSSR count). The van der Waals surface area contributed by atoms with E-state index in [1.54, 1.807) is 0 Å². The van der Waals surface area contributed by atoms with Gasteiger partial charge in [0, 0.05) is 64.2 Å². The molecule has 0 aliphatic carbocycles. The van der Waals surface area contributed by atoms with E-state index in [0.29, 0.717) is 23.8 Å². The van der Waals surface area contributed by atoms with Crippen molar-refractivity contribution >= 4 is 15.9 Å². The first-order valence-corrected chi connectivity index (χ1v) is 14.7. The lowest BCUT2D eigenvalue weighted by molar-refractivity contribution is 0.115. The van der Waals surface area contributed by atoms with Crippen LogP contribution in [0.15, 0.2) is 79.3 Å². The number of aromatic nitrogens is 6. The van der Waals surface area contributed by atoms with Crippen LogP contribution in [0, 0.1) is 34.9 Å². The number of H-pyrrole nitrogens is 1. The second kappa shape index (κ2) is 16.9. The lowest BCUT2D eigenvalue weighted by Crippen LogP contribution is -2.20. The van der Waals surface area contributed by atoms with Gasteiger partial charge in [-0.3, -0.25) is 9.59 Å². The molecule has 0 saturated carbocycles. The Morgan fingerprint density at radius 1 is 0.647 bits per heavy atom. The van der Waals surface area contributed by atoms with Crippen LogP contribution in [-0.4, -0.2) is 29.9 Å². The third kappa shape index (κ3) is 9.99. The summed E-state index contributed by atoms with van der Waals surface area (Å²) < 4.78 is 136. The molecule has 10 nitrogen and oxygen atoms in total. The molecule has 0 unspecified atom stereocenters. The standard InChI is InChI=1S/C15H8F5N3O2.C8H5F2N3O2.C7H4BrF3/c16-9-5-11(18)10(17)3-8(9)6-23-2-1-7(4-12(23)24)14-21-22-15(25-14)13(19)20;9-6(10)8-13-12-7(15-8)4-1-2-11-5(14)3-4;8-3-4-1-6(10)7(11)2-5(4)9/h1-5,13H,6H2;1-3,6H,(H,11,14);1-2H,3H2. The quantitative estimate of drug-likeness (QED) is 0.0990. The number of rotatable bonds is 7. The molecular weight excluding hydrogens is 778 g/mol. The Morgan fingerprint density at radius 2 is 1.14 bits per heavy atom. The van der Waals surface area contributed by atoms with Gasteiger partial charge >= 0.3 is 12.9 Å². The molecule has 0 aliphatic rings. The SMILES string of the molecule is Fc1cc(F)c(CBr)cc1F.O=c1cc(-c2nnc(C(F)F)o2)cc[nH]1.O=c1cc(-c2nnc(C(F)F)o2)ccn1Cc1cc(F)c(F)cc1F. The van der Waals surface area contributed by atoms with Gasteiger partial charge in [-0.2, -0.15) is 17.6 Å². The molecular formula is C30H17BrF10N6O4. The summed E-state index contributed by atoms with van der Waals surface area (Å²) >= 11 is 2.94. The van der Waals surface area contributed by atoms with Gasteiger partial charge in [0.2, 0.25) is 17.3 Å². The molecule has 0 spiro atoms. The van der Waals surface area contributed by atoms with E-state index in [2.05, 4.69) is 45.7 Å². The van der Waals surface area contributed by atoms with Crippen molar-refractivity contribution in [3.8, 4) is 22.9 Å². The number of halogens is 11. The second-order valence-corrected chi connectivity index (χ2v) is 10.2. The first-order valence-electron chi connectivity index (χ1n) is 13.6. The van der Waals surface area contributed by atoms with Crippen molar-refractivity contribution in [1.29, 1.82) is 0 Å². The van der Waals surface area contributed by atoms with Crippen LogP contribution >= 0.6 is 15.9 Å². The highest BCUT2D eigenvalue weighted by Crippen LogP contribution is 2.23. The maximum absolute atomic E-state index is 13.6. The zero-order valence-electron chi connectivity index (χ0n) is 24.9. The molecule has 0 bridgehead atoms. The predicted octanol–water partition coefficient (Wildman–Crippen LogP) is 7.66. The van der Waals surface area contributed by atoms with E-state index in [1.807, 2.05) is 0 Å². The van der Waals surface area contributed by atoms with Gasteiger partial charge in [-0.25, -0.2) is 26.3 Å². The Hall–Kier alpha value is -5.60. The largest absolute Gasteiger partial charge is 0.415 e. The maximum Gasteiger partial charge on any atom is 0.314 e. The highest BCUT2D eigenvalue weighted by Gasteiger charge is 2.19. The lowest BCUT2D eigenvalue weighted by Gasteiger charge is -2.08. The maximum atomic E-state index is 13.6. The average molecular weight is 795 g/mol. The molecule has 0 fully saturated rings. The van der Waals surface area contributed by atoms with Crippen molar-refractivity contribution < 1.29 is 52.7 Å². The number of hydrogen-bond acceptors (Lipinski definition) is 8. The van der Waals surface area contributed by atoms with Crippen molar-refractivity contribution in [2.75, 3.05) is 0 Å². The molecule has 21 heteroatoms. The summed E-state index contributed by atoms with van der Waals surface area (Å²) in [5, 5.41) is 13.3. The van der Waals surface area contributed by atoms with Crippen molar-refractivity contribution in [1.82, 2.24) is 29.9 Å². The number of alkyl halides is 5. The topological polar surface area (TPSA) is 133 Å². The Balaban J connectivity index is 0.000000190. The smallest absolute Gasteiger partial charge is 0.314 e. The number of hydrogen-bond donors (Lipinski definition) is 1. The third-order valence-electron chi connectivity index (χ3n) is 6.18. The number of nitrogens with zero attached hydrogens (tertiary/aromatic N) is 5. The van der Waals surface area contributed by atoms with Crippen molar-refractivity contribution in [3.63, 3.8) is 0 Å². The summed E-state index contributed by atoms with van der Waals surface area (Å²) in [6.45, 7) is -0.353. The van der Waals surface area contributed by atoms with Gasteiger partial charge in [0.05, 0.1) is 6.54 Å². The van der Waals surface area contributed by atoms with Crippen LogP contribution in [0.25, 0.3) is 22.9 Å². The first-order chi connectivity index (χ1) is 24.2. The van der Waals surface area contributed by atoms with Crippen LogP contribution in [0.1, 0.15) is 35.8 Å². The summed E-state index contributed by atoms with van der Waals surface area (Å²) in [7, 11) is 0. The zero-order valence-corrected chi connectivity index (χ0v) is 26.5. The van der Waals surface area contributed by atoms with E-state index in [-0.39, 0.29) is 45.9 Å². The number of pyridine rings is 2. The molecule has 51 heavy (non-hydrogen) atoms. The van der Waals surface area contributed by atoms with Crippen molar-refractivity contribution in [2.24, 2.45) is 0 Å². The van der Waals surface area contributed by atoms with E-state index in [0.717, 1.165) is 16.7 Å². The Morgan fingerprint density at radius 3 is 1.61 bits per heavy atom. The van der Waals surface area contributed by atoms with Gasteiger partial charge in [-0.1, -0.05) is 15.9 Å². The summed E-state index contributed by atoms with van der Waals surface area (Å²) in [4.78, 5) is 25.3. The zero-order chi connectivity index (χ0) is 37.4. The van der Waals surface area contributed by atoms with Crippen LogP contribution in [0.4, 0.5) is 43.9 Å². The summed E-state index contributed by atoms with van der Waals surface area (Å²) in [6.07, 6.45) is -3.18. The minimum absolute atomic E-state index is 0.0893. The molecule has 6 aromatic rings. The summed E-state index contributed by atoms with van der Waals surface area (Å²) in [5.74, 6) is -8.54. The monoisotopic (exact) mass is 794 g/mol. The first kappa shape index (κ1) is 38.2. The second-order valence-electron chi connectivity index (χ2n) is 9.66. The van der Waals surface area contributed by atoms with E-state index < -0.39 is 65.1 Å². The molecule has 4 heterocycles. The van der Waals surface area contributed by atoms with Crippen LogP contribution in [0.3, 0.4) is 0 Å². The fraction of sp³-hybridized carbons (Fsp3) is 0.133. The van der Waals surface area contributed by atoms with Gasteiger partial charge in [0.25, 0.3) is 17.3 Å². The fourth-order valence-corrected chi connectivity index (χ4v) is 4.19. The van der Waals surface area contributed by atoms with Crippen LogP contribution in [0.5, 0.6) is 0 Å². The highest BCUT2D eigenvalue weighted by atomic mass is 79.9.